The maximum Gasteiger partial charge on any atom is 0.0679 e. The molecule has 3 N–H and O–H groups in total. The first kappa shape index (κ1) is 14.3. The Hall–Kier alpha value is -1.10. The largest absolute Gasteiger partial charge is 0.392 e. The summed E-state index contributed by atoms with van der Waals surface area (Å²) in [6, 6.07) is 8.65. The minimum atomic E-state index is -0.282. The lowest BCUT2D eigenvalue weighted by atomic mass is 10.1. The summed E-state index contributed by atoms with van der Waals surface area (Å²) in [7, 11) is 0. The van der Waals surface area contributed by atoms with E-state index in [4.69, 9.17) is 5.73 Å². The number of β-amino-alcohol motifs (C(OH)–C–C–N with tert-alkyl or cyclic N) is 1. The van der Waals surface area contributed by atoms with Crippen LogP contribution >= 0.6 is 0 Å². The van der Waals surface area contributed by atoms with E-state index in [0.29, 0.717) is 13.0 Å². The van der Waals surface area contributed by atoms with Crippen molar-refractivity contribution in [3.05, 3.63) is 29.8 Å². The van der Waals surface area contributed by atoms with Gasteiger partial charge in [0.05, 0.1) is 6.10 Å². The van der Waals surface area contributed by atoms with Gasteiger partial charge in [0, 0.05) is 38.4 Å². The number of anilines is 1. The number of hydrogen-bond donors (Lipinski definition) is 2. The molecule has 0 spiro atoms. The Morgan fingerprint density at radius 1 is 1.26 bits per heavy atom. The van der Waals surface area contributed by atoms with Gasteiger partial charge < -0.3 is 15.7 Å². The van der Waals surface area contributed by atoms with Gasteiger partial charge in [-0.2, -0.15) is 0 Å². The van der Waals surface area contributed by atoms with E-state index in [2.05, 4.69) is 41.0 Å². The van der Waals surface area contributed by atoms with Gasteiger partial charge in [0.25, 0.3) is 0 Å². The van der Waals surface area contributed by atoms with E-state index in [0.717, 1.165) is 32.7 Å². The van der Waals surface area contributed by atoms with Crippen LogP contribution in [0.1, 0.15) is 12.0 Å². The summed E-state index contributed by atoms with van der Waals surface area (Å²) in [4.78, 5) is 4.74. The zero-order valence-corrected chi connectivity index (χ0v) is 11.8. The third kappa shape index (κ3) is 4.20. The van der Waals surface area contributed by atoms with Crippen molar-refractivity contribution in [1.29, 1.82) is 0 Å². The van der Waals surface area contributed by atoms with Crippen LogP contribution in [0.15, 0.2) is 24.3 Å². The Balaban J connectivity index is 1.82. The lowest BCUT2D eigenvalue weighted by Gasteiger charge is -2.37. The van der Waals surface area contributed by atoms with E-state index in [-0.39, 0.29) is 6.10 Å². The molecule has 1 aromatic rings. The molecule has 0 bridgehead atoms. The van der Waals surface area contributed by atoms with Crippen LogP contribution in [0.4, 0.5) is 5.69 Å². The number of aliphatic hydroxyl groups is 1. The highest BCUT2D eigenvalue weighted by atomic mass is 16.3. The SMILES string of the molecule is Cc1cccc(N2CCN(CC(O)CCN)CC2)c1. The van der Waals surface area contributed by atoms with Crippen LogP contribution in [0.3, 0.4) is 0 Å². The van der Waals surface area contributed by atoms with Gasteiger partial charge in [-0.1, -0.05) is 12.1 Å². The van der Waals surface area contributed by atoms with Crippen molar-refractivity contribution in [3.8, 4) is 0 Å². The molecule has 4 heteroatoms. The smallest absolute Gasteiger partial charge is 0.0679 e. The van der Waals surface area contributed by atoms with E-state index in [1.807, 2.05) is 0 Å². The van der Waals surface area contributed by atoms with Crippen molar-refractivity contribution in [2.24, 2.45) is 5.73 Å². The summed E-state index contributed by atoms with van der Waals surface area (Å²) < 4.78 is 0. The van der Waals surface area contributed by atoms with Gasteiger partial charge >= 0.3 is 0 Å². The Labute approximate surface area is 115 Å². The molecule has 106 valence electrons. The van der Waals surface area contributed by atoms with Gasteiger partial charge in [-0.25, -0.2) is 0 Å². The highest BCUT2D eigenvalue weighted by Crippen LogP contribution is 2.17. The van der Waals surface area contributed by atoms with Gasteiger partial charge in [-0.05, 0) is 37.6 Å². The molecule has 2 rings (SSSR count). The molecule has 4 nitrogen and oxygen atoms in total. The van der Waals surface area contributed by atoms with Gasteiger partial charge in [-0.15, -0.1) is 0 Å². The molecular weight excluding hydrogens is 238 g/mol. The molecule has 1 aromatic carbocycles. The van der Waals surface area contributed by atoms with Crippen LogP contribution in [0, 0.1) is 6.92 Å². The lowest BCUT2D eigenvalue weighted by molar-refractivity contribution is 0.104. The van der Waals surface area contributed by atoms with Crippen LogP contribution in [0.2, 0.25) is 0 Å². The predicted octanol–water partition coefficient (Wildman–Crippen LogP) is 0.827. The molecule has 1 saturated heterocycles. The second-order valence-corrected chi connectivity index (χ2v) is 5.36. The zero-order valence-electron chi connectivity index (χ0n) is 11.8. The summed E-state index contributed by atoms with van der Waals surface area (Å²) in [5, 5.41) is 9.79. The Kier molecular flexibility index (Phi) is 5.19. The number of hydrogen-bond acceptors (Lipinski definition) is 4. The summed E-state index contributed by atoms with van der Waals surface area (Å²) >= 11 is 0. The summed E-state index contributed by atoms with van der Waals surface area (Å²) in [5.74, 6) is 0. The fourth-order valence-electron chi connectivity index (χ4n) is 2.60. The third-order valence-electron chi connectivity index (χ3n) is 3.71. The molecule has 1 aliphatic heterocycles. The number of aliphatic hydroxyl groups excluding tert-OH is 1. The minimum absolute atomic E-state index is 0.282. The maximum absolute atomic E-state index is 9.79. The summed E-state index contributed by atoms with van der Waals surface area (Å²) in [6.45, 7) is 7.51. The molecule has 0 amide bonds. The molecular formula is C15H25N3O. The predicted molar refractivity (Wildman–Crippen MR) is 79.5 cm³/mol. The van der Waals surface area contributed by atoms with E-state index < -0.39 is 0 Å². The van der Waals surface area contributed by atoms with E-state index in [1.54, 1.807) is 0 Å². The van der Waals surface area contributed by atoms with Gasteiger partial charge in [-0.3, -0.25) is 4.90 Å². The number of piperazine rings is 1. The standard InChI is InChI=1S/C15H25N3O/c1-13-3-2-4-14(11-13)18-9-7-17(8-10-18)12-15(19)5-6-16/h2-4,11,15,19H,5-10,12,16H2,1H3. The Morgan fingerprint density at radius 2 is 2.00 bits per heavy atom. The third-order valence-corrected chi connectivity index (χ3v) is 3.71. The van der Waals surface area contributed by atoms with Crippen LogP contribution in [-0.4, -0.2) is 55.4 Å². The van der Waals surface area contributed by atoms with Crippen molar-refractivity contribution in [2.75, 3.05) is 44.2 Å². The molecule has 19 heavy (non-hydrogen) atoms. The van der Waals surface area contributed by atoms with Crippen LogP contribution in [-0.2, 0) is 0 Å². The number of aryl methyl sites for hydroxylation is 1. The normalized spacial score (nSPS) is 18.6. The quantitative estimate of drug-likeness (QED) is 0.826. The summed E-state index contributed by atoms with van der Waals surface area (Å²) in [5.41, 5.74) is 8.07. The topological polar surface area (TPSA) is 52.7 Å². The van der Waals surface area contributed by atoms with Crippen LogP contribution in [0.25, 0.3) is 0 Å². The Morgan fingerprint density at radius 3 is 2.63 bits per heavy atom. The molecule has 1 fully saturated rings. The van der Waals surface area contributed by atoms with Crippen molar-refractivity contribution < 1.29 is 5.11 Å². The van der Waals surface area contributed by atoms with Gasteiger partial charge in [0.1, 0.15) is 0 Å². The second-order valence-electron chi connectivity index (χ2n) is 5.36. The fourth-order valence-corrected chi connectivity index (χ4v) is 2.60. The molecule has 1 aliphatic rings. The average Bonchev–Trinajstić information content (AvgIpc) is 2.40. The van der Waals surface area contributed by atoms with Crippen molar-refractivity contribution in [3.63, 3.8) is 0 Å². The van der Waals surface area contributed by atoms with E-state index in [9.17, 15) is 5.11 Å². The first-order chi connectivity index (χ1) is 9.19. The van der Waals surface area contributed by atoms with Crippen molar-refractivity contribution >= 4 is 5.69 Å². The molecule has 0 saturated carbocycles. The summed E-state index contributed by atoms with van der Waals surface area (Å²) in [6.07, 6.45) is 0.411. The number of nitrogens with two attached hydrogens (primary N) is 1. The number of rotatable bonds is 5. The molecule has 0 aromatic heterocycles. The van der Waals surface area contributed by atoms with Crippen LogP contribution < -0.4 is 10.6 Å². The Bertz CT molecular complexity index is 389. The highest BCUT2D eigenvalue weighted by Gasteiger charge is 2.19. The molecule has 0 aliphatic carbocycles. The first-order valence-electron chi connectivity index (χ1n) is 7.11. The lowest BCUT2D eigenvalue weighted by Crippen LogP contribution is -2.48. The number of nitrogens with zero attached hydrogens (tertiary/aromatic N) is 2. The fraction of sp³-hybridized carbons (Fsp3) is 0.600. The van der Waals surface area contributed by atoms with E-state index >= 15 is 0 Å². The molecule has 0 radical (unpaired) electrons. The molecule has 1 unspecified atom stereocenters. The minimum Gasteiger partial charge on any atom is -0.392 e. The maximum atomic E-state index is 9.79. The monoisotopic (exact) mass is 263 g/mol. The van der Waals surface area contributed by atoms with Gasteiger partial charge in [0.2, 0.25) is 0 Å². The van der Waals surface area contributed by atoms with Crippen LogP contribution in [0.5, 0.6) is 0 Å². The van der Waals surface area contributed by atoms with Crippen molar-refractivity contribution in [2.45, 2.75) is 19.4 Å². The molecule has 1 atom stereocenters. The van der Waals surface area contributed by atoms with Gasteiger partial charge in [0.15, 0.2) is 0 Å². The molecule has 1 heterocycles. The van der Waals surface area contributed by atoms with Crippen molar-refractivity contribution in [1.82, 2.24) is 4.90 Å². The zero-order chi connectivity index (χ0) is 13.7. The highest BCUT2D eigenvalue weighted by molar-refractivity contribution is 5.48. The number of benzene rings is 1. The first-order valence-corrected chi connectivity index (χ1v) is 7.11. The average molecular weight is 263 g/mol. The second kappa shape index (κ2) is 6.89. The van der Waals surface area contributed by atoms with E-state index in [1.165, 1.54) is 11.3 Å².